The number of para-hydroxylation sites is 2. The van der Waals surface area contributed by atoms with Gasteiger partial charge < -0.3 is 14.7 Å². The summed E-state index contributed by atoms with van der Waals surface area (Å²) in [5.74, 6) is 0.524. The van der Waals surface area contributed by atoms with Crippen molar-refractivity contribution in [3.05, 3.63) is 77.6 Å². The van der Waals surface area contributed by atoms with Crippen LogP contribution < -0.4 is 9.46 Å². The maximum atomic E-state index is 13.1. The van der Waals surface area contributed by atoms with Crippen molar-refractivity contribution in [3.8, 4) is 17.5 Å². The number of hydrogen-bond donors (Lipinski definition) is 2. The third-order valence-corrected chi connectivity index (χ3v) is 8.02. The zero-order chi connectivity index (χ0) is 24.6. The standard InChI is InChI=1S/C25H24N4O5S/c26-17-19-7-10-23-25(34-22-4-2-1-3-21(22)29(19)23)11-14-28(15-12-25)24(31)18-5-8-20(9-6-18)35(32,33)27-13-16-30/h1-10,27,30H,11-16H2. The van der Waals surface area contributed by atoms with Crippen LogP contribution >= 0.6 is 0 Å². The Bertz CT molecular complexity index is 1410. The number of aliphatic hydroxyl groups excluding tert-OH is 1. The van der Waals surface area contributed by atoms with Crippen molar-refractivity contribution < 1.29 is 23.1 Å². The van der Waals surface area contributed by atoms with Crippen LogP contribution in [-0.2, 0) is 15.6 Å². The van der Waals surface area contributed by atoms with Gasteiger partial charge in [0, 0.05) is 38.0 Å². The van der Waals surface area contributed by atoms with E-state index in [9.17, 15) is 18.5 Å². The summed E-state index contributed by atoms with van der Waals surface area (Å²) in [7, 11) is -3.74. The average molecular weight is 493 g/mol. The largest absolute Gasteiger partial charge is 0.479 e. The second kappa shape index (κ2) is 8.85. The molecule has 0 aliphatic carbocycles. The van der Waals surface area contributed by atoms with Crippen LogP contribution in [-0.4, -0.2) is 55.1 Å². The molecule has 1 amide bonds. The molecular formula is C25H24N4O5S. The van der Waals surface area contributed by atoms with Crippen molar-refractivity contribution in [1.29, 1.82) is 5.26 Å². The zero-order valence-electron chi connectivity index (χ0n) is 18.8. The lowest BCUT2D eigenvalue weighted by Gasteiger charge is -2.45. The molecule has 0 atom stereocenters. The number of nitrogens with one attached hydrogen (secondary N) is 1. The Morgan fingerprint density at radius 3 is 2.49 bits per heavy atom. The average Bonchev–Trinajstić information content (AvgIpc) is 3.33. The minimum absolute atomic E-state index is 0.0310. The van der Waals surface area contributed by atoms with Crippen molar-refractivity contribution in [1.82, 2.24) is 14.2 Å². The Kier molecular flexibility index (Phi) is 5.84. The first kappa shape index (κ1) is 23.1. The van der Waals surface area contributed by atoms with E-state index in [1.165, 1.54) is 24.3 Å². The minimum Gasteiger partial charge on any atom is -0.479 e. The summed E-state index contributed by atoms with van der Waals surface area (Å²) in [4.78, 5) is 14.9. The summed E-state index contributed by atoms with van der Waals surface area (Å²) in [6.45, 7) is 0.521. The van der Waals surface area contributed by atoms with Gasteiger partial charge in [-0.3, -0.25) is 9.36 Å². The number of fused-ring (bicyclic) bond motifs is 4. The summed E-state index contributed by atoms with van der Waals surface area (Å²) in [6.07, 6.45) is 1.11. The molecule has 3 aromatic rings. The molecule has 0 unspecified atom stereocenters. The number of hydrogen-bond acceptors (Lipinski definition) is 6. The van der Waals surface area contributed by atoms with E-state index in [0.717, 1.165) is 11.4 Å². The van der Waals surface area contributed by atoms with Gasteiger partial charge >= 0.3 is 0 Å². The summed E-state index contributed by atoms with van der Waals surface area (Å²) in [6, 6.07) is 19.4. The number of nitriles is 1. The molecule has 1 aromatic heterocycles. The molecule has 35 heavy (non-hydrogen) atoms. The molecule has 0 saturated carbocycles. The van der Waals surface area contributed by atoms with Gasteiger partial charge in [-0.2, -0.15) is 5.26 Å². The number of carbonyl (C=O) groups excluding carboxylic acids is 1. The van der Waals surface area contributed by atoms with E-state index in [4.69, 9.17) is 9.84 Å². The molecule has 2 aliphatic heterocycles. The van der Waals surface area contributed by atoms with Crippen LogP contribution in [0.2, 0.25) is 0 Å². The maximum absolute atomic E-state index is 13.1. The van der Waals surface area contributed by atoms with Gasteiger partial charge in [0.15, 0.2) is 5.60 Å². The van der Waals surface area contributed by atoms with Gasteiger partial charge in [-0.25, -0.2) is 13.1 Å². The molecule has 9 nitrogen and oxygen atoms in total. The van der Waals surface area contributed by atoms with E-state index in [1.807, 2.05) is 34.9 Å². The van der Waals surface area contributed by atoms with E-state index in [2.05, 4.69) is 10.8 Å². The normalized spacial score (nSPS) is 16.2. The van der Waals surface area contributed by atoms with E-state index < -0.39 is 15.6 Å². The Morgan fingerprint density at radius 2 is 1.80 bits per heavy atom. The van der Waals surface area contributed by atoms with Gasteiger partial charge in [0.2, 0.25) is 10.0 Å². The van der Waals surface area contributed by atoms with E-state index >= 15 is 0 Å². The SMILES string of the molecule is N#Cc1ccc2n1-c1ccccc1OC21CCN(C(=O)c2ccc(S(=O)(=O)NCCO)cc2)CC1. The van der Waals surface area contributed by atoms with Gasteiger partial charge in [0.25, 0.3) is 5.91 Å². The van der Waals surface area contributed by atoms with Crippen LogP contribution in [0, 0.1) is 11.3 Å². The lowest BCUT2D eigenvalue weighted by atomic mass is 9.86. The number of aliphatic hydroxyl groups is 1. The third kappa shape index (κ3) is 3.97. The predicted octanol–water partition coefficient (Wildman–Crippen LogP) is 2.14. The molecule has 10 heteroatoms. The molecule has 180 valence electrons. The summed E-state index contributed by atoms with van der Waals surface area (Å²) in [5.41, 5.74) is 2.03. The fourth-order valence-electron chi connectivity index (χ4n) is 4.78. The van der Waals surface area contributed by atoms with Crippen molar-refractivity contribution in [2.45, 2.75) is 23.3 Å². The van der Waals surface area contributed by atoms with Crippen molar-refractivity contribution in [2.24, 2.45) is 0 Å². The van der Waals surface area contributed by atoms with Crippen molar-refractivity contribution >= 4 is 15.9 Å². The van der Waals surface area contributed by atoms with Gasteiger partial charge in [-0.1, -0.05) is 12.1 Å². The van der Waals surface area contributed by atoms with E-state index in [0.29, 0.717) is 42.9 Å². The first-order valence-electron chi connectivity index (χ1n) is 11.3. The molecule has 2 aliphatic rings. The third-order valence-electron chi connectivity index (χ3n) is 6.55. The maximum Gasteiger partial charge on any atom is 0.253 e. The molecule has 0 radical (unpaired) electrons. The monoisotopic (exact) mass is 492 g/mol. The molecule has 1 saturated heterocycles. The Labute approximate surface area is 203 Å². The number of carbonyl (C=O) groups is 1. The van der Waals surface area contributed by atoms with Crippen LogP contribution in [0.5, 0.6) is 5.75 Å². The van der Waals surface area contributed by atoms with Crippen LogP contribution in [0.15, 0.2) is 65.6 Å². The molecule has 2 aromatic carbocycles. The van der Waals surface area contributed by atoms with Crippen LogP contribution in [0.4, 0.5) is 0 Å². The first-order valence-corrected chi connectivity index (χ1v) is 12.8. The summed E-state index contributed by atoms with van der Waals surface area (Å²) >= 11 is 0. The highest BCUT2D eigenvalue weighted by molar-refractivity contribution is 7.89. The summed E-state index contributed by atoms with van der Waals surface area (Å²) < 4.78 is 35.1. The van der Waals surface area contributed by atoms with Gasteiger partial charge in [-0.15, -0.1) is 0 Å². The summed E-state index contributed by atoms with van der Waals surface area (Å²) in [5, 5.41) is 18.5. The van der Waals surface area contributed by atoms with Gasteiger partial charge in [-0.05, 0) is 48.5 Å². The lowest BCUT2D eigenvalue weighted by molar-refractivity contribution is -0.00937. The zero-order valence-corrected chi connectivity index (χ0v) is 19.7. The number of aromatic nitrogens is 1. The Balaban J connectivity index is 1.34. The molecule has 0 bridgehead atoms. The number of rotatable bonds is 5. The van der Waals surface area contributed by atoms with Crippen molar-refractivity contribution in [3.63, 3.8) is 0 Å². The van der Waals surface area contributed by atoms with Crippen LogP contribution in [0.1, 0.15) is 34.6 Å². The first-order chi connectivity index (χ1) is 16.9. The molecule has 5 rings (SSSR count). The molecule has 2 N–H and O–H groups in total. The van der Waals surface area contributed by atoms with E-state index in [1.54, 1.807) is 11.0 Å². The predicted molar refractivity (Wildman–Crippen MR) is 127 cm³/mol. The number of piperidine rings is 1. The molecule has 1 spiro atoms. The fraction of sp³-hybridized carbons (Fsp3) is 0.280. The minimum atomic E-state index is -3.74. The number of benzene rings is 2. The number of sulfonamides is 1. The van der Waals surface area contributed by atoms with Gasteiger partial charge in [0.1, 0.15) is 17.5 Å². The van der Waals surface area contributed by atoms with Crippen LogP contribution in [0.25, 0.3) is 5.69 Å². The highest BCUT2D eigenvalue weighted by Crippen LogP contribution is 2.45. The Morgan fingerprint density at radius 1 is 1.09 bits per heavy atom. The number of ether oxygens (including phenoxy) is 1. The quantitative estimate of drug-likeness (QED) is 0.562. The second-order valence-electron chi connectivity index (χ2n) is 8.55. The topological polar surface area (TPSA) is 125 Å². The smallest absolute Gasteiger partial charge is 0.253 e. The van der Waals surface area contributed by atoms with Gasteiger partial charge in [0.05, 0.1) is 22.9 Å². The number of amides is 1. The van der Waals surface area contributed by atoms with Crippen LogP contribution in [0.3, 0.4) is 0 Å². The lowest BCUT2D eigenvalue weighted by Crippen LogP contribution is -2.50. The van der Waals surface area contributed by atoms with E-state index in [-0.39, 0.29) is 24.0 Å². The molecular weight excluding hydrogens is 468 g/mol. The highest BCUT2D eigenvalue weighted by atomic mass is 32.2. The fourth-order valence-corrected chi connectivity index (χ4v) is 5.80. The second-order valence-corrected chi connectivity index (χ2v) is 10.3. The number of nitrogens with zero attached hydrogens (tertiary/aromatic N) is 3. The number of likely N-dealkylation sites (tertiary alicyclic amines) is 1. The molecule has 3 heterocycles. The molecule has 1 fully saturated rings. The Hall–Kier alpha value is -3.65. The van der Waals surface area contributed by atoms with Crippen molar-refractivity contribution in [2.75, 3.05) is 26.2 Å². The highest BCUT2D eigenvalue weighted by Gasteiger charge is 2.45.